The molecule has 2 fully saturated rings. The van der Waals surface area contributed by atoms with Crippen LogP contribution in [0, 0.1) is 6.92 Å². The van der Waals surface area contributed by atoms with Crippen LogP contribution in [0.5, 0.6) is 0 Å². The summed E-state index contributed by atoms with van der Waals surface area (Å²) in [5.74, 6) is 0. The summed E-state index contributed by atoms with van der Waals surface area (Å²) in [6.45, 7) is 6.92. The van der Waals surface area contributed by atoms with Crippen LogP contribution in [0.15, 0.2) is 18.2 Å². The lowest BCUT2D eigenvalue weighted by Gasteiger charge is -2.26. The number of aryl methyl sites for hydroxylation is 1. The molecule has 0 bridgehead atoms. The summed E-state index contributed by atoms with van der Waals surface area (Å²) in [5, 5.41) is 0. The summed E-state index contributed by atoms with van der Waals surface area (Å²) in [4.78, 5) is 5.64. The summed E-state index contributed by atoms with van der Waals surface area (Å²) in [7, 11) is 0. The molecule has 2 saturated heterocycles. The van der Waals surface area contributed by atoms with Gasteiger partial charge in [-0.2, -0.15) is 0 Å². The van der Waals surface area contributed by atoms with E-state index in [1.807, 2.05) is 12.1 Å². The van der Waals surface area contributed by atoms with Crippen LogP contribution in [0.3, 0.4) is 0 Å². The van der Waals surface area contributed by atoms with Gasteiger partial charge in [-0.15, -0.1) is 0 Å². The zero-order chi connectivity index (χ0) is 14.1. The molecule has 1 aromatic rings. The lowest BCUT2D eigenvalue weighted by atomic mass is 10.1. The first kappa shape index (κ1) is 13.8. The predicted octanol–water partition coefficient (Wildman–Crippen LogP) is 2.30. The second-order valence-corrected chi connectivity index (χ2v) is 6.41. The van der Waals surface area contributed by atoms with Crippen LogP contribution in [-0.4, -0.2) is 42.1 Å². The molecule has 20 heavy (non-hydrogen) atoms. The van der Waals surface area contributed by atoms with Crippen LogP contribution < -0.4 is 10.6 Å². The van der Waals surface area contributed by atoms with Crippen molar-refractivity contribution in [3.8, 4) is 0 Å². The molecule has 3 nitrogen and oxygen atoms in total. The van der Waals surface area contributed by atoms with Crippen molar-refractivity contribution in [1.82, 2.24) is 4.90 Å². The van der Waals surface area contributed by atoms with Crippen molar-refractivity contribution >= 4 is 22.9 Å². The maximum Gasteiger partial charge on any atom is 0.106 e. The largest absolute Gasteiger partial charge is 0.389 e. The highest BCUT2D eigenvalue weighted by Crippen LogP contribution is 2.30. The number of hydrogen-bond donors (Lipinski definition) is 1. The molecule has 0 aromatic heterocycles. The quantitative estimate of drug-likeness (QED) is 0.866. The van der Waals surface area contributed by atoms with Crippen LogP contribution in [0.25, 0.3) is 0 Å². The molecule has 0 amide bonds. The Labute approximate surface area is 126 Å². The first-order valence-corrected chi connectivity index (χ1v) is 7.96. The van der Waals surface area contributed by atoms with Crippen LogP contribution in [0.1, 0.15) is 30.4 Å². The highest BCUT2D eigenvalue weighted by molar-refractivity contribution is 7.80. The molecule has 3 rings (SSSR count). The van der Waals surface area contributed by atoms with Gasteiger partial charge in [0.25, 0.3) is 0 Å². The van der Waals surface area contributed by atoms with Crippen molar-refractivity contribution in [2.24, 2.45) is 5.73 Å². The van der Waals surface area contributed by atoms with Gasteiger partial charge < -0.3 is 10.6 Å². The van der Waals surface area contributed by atoms with E-state index in [-0.39, 0.29) is 0 Å². The van der Waals surface area contributed by atoms with Crippen LogP contribution >= 0.6 is 12.2 Å². The highest BCUT2D eigenvalue weighted by Gasteiger charge is 2.30. The third-order valence-corrected chi connectivity index (χ3v) is 4.86. The second kappa shape index (κ2) is 5.70. The number of para-hydroxylation sites is 1. The molecule has 0 spiro atoms. The molecule has 108 valence electrons. The van der Waals surface area contributed by atoms with E-state index in [2.05, 4.69) is 22.8 Å². The molecule has 2 aliphatic heterocycles. The highest BCUT2D eigenvalue weighted by atomic mass is 32.1. The molecule has 0 aliphatic carbocycles. The normalized spacial score (nSPS) is 23.4. The zero-order valence-electron chi connectivity index (χ0n) is 12.1. The molecule has 1 atom stereocenters. The first-order valence-electron chi connectivity index (χ1n) is 7.55. The molecular weight excluding hydrogens is 266 g/mol. The Morgan fingerprint density at radius 3 is 2.70 bits per heavy atom. The number of likely N-dealkylation sites (tertiary alicyclic amines) is 1. The number of nitrogens with two attached hydrogens (primary N) is 1. The molecule has 2 heterocycles. The molecule has 1 unspecified atom stereocenters. The van der Waals surface area contributed by atoms with Gasteiger partial charge in [-0.05, 0) is 50.9 Å². The standard InChI is InChI=1S/C16H23N3S/c1-12-5-4-6-14(16(17)20)15(12)19-10-7-13(11-19)18-8-2-3-9-18/h4-6,13H,2-3,7-11H2,1H3,(H2,17,20). The topological polar surface area (TPSA) is 32.5 Å². The number of rotatable bonds is 3. The lowest BCUT2D eigenvalue weighted by Crippen LogP contribution is -2.35. The van der Waals surface area contributed by atoms with E-state index in [0.717, 1.165) is 18.7 Å². The number of nitrogens with zero attached hydrogens (tertiary/aromatic N) is 2. The maximum atomic E-state index is 5.90. The smallest absolute Gasteiger partial charge is 0.106 e. The molecule has 0 saturated carbocycles. The predicted molar refractivity (Wildman–Crippen MR) is 88.5 cm³/mol. The van der Waals surface area contributed by atoms with Gasteiger partial charge in [0.05, 0.1) is 0 Å². The SMILES string of the molecule is Cc1cccc(C(N)=S)c1N1CCC(N2CCCC2)C1. The molecule has 0 radical (unpaired) electrons. The molecular formula is C16H23N3S. The number of anilines is 1. The van der Waals surface area contributed by atoms with Crippen molar-refractivity contribution in [3.05, 3.63) is 29.3 Å². The van der Waals surface area contributed by atoms with Crippen molar-refractivity contribution in [2.75, 3.05) is 31.1 Å². The van der Waals surface area contributed by atoms with Gasteiger partial charge in [-0.3, -0.25) is 4.90 Å². The lowest BCUT2D eigenvalue weighted by molar-refractivity contribution is 0.260. The fourth-order valence-electron chi connectivity index (χ4n) is 3.63. The van der Waals surface area contributed by atoms with Gasteiger partial charge in [0, 0.05) is 30.4 Å². The van der Waals surface area contributed by atoms with Crippen molar-refractivity contribution in [1.29, 1.82) is 0 Å². The van der Waals surface area contributed by atoms with E-state index >= 15 is 0 Å². The summed E-state index contributed by atoms with van der Waals surface area (Å²) < 4.78 is 0. The summed E-state index contributed by atoms with van der Waals surface area (Å²) >= 11 is 5.22. The number of hydrogen-bond acceptors (Lipinski definition) is 3. The average Bonchev–Trinajstić information content (AvgIpc) is 3.09. The third kappa shape index (κ3) is 2.54. The van der Waals surface area contributed by atoms with Gasteiger partial charge in [0.1, 0.15) is 4.99 Å². The van der Waals surface area contributed by atoms with Crippen molar-refractivity contribution in [2.45, 2.75) is 32.2 Å². The fourth-order valence-corrected chi connectivity index (χ4v) is 3.79. The fraction of sp³-hybridized carbons (Fsp3) is 0.562. The van der Waals surface area contributed by atoms with Crippen LogP contribution in [-0.2, 0) is 0 Å². The van der Waals surface area contributed by atoms with E-state index < -0.39 is 0 Å². The van der Waals surface area contributed by atoms with Gasteiger partial charge in [-0.1, -0.05) is 24.4 Å². The maximum absolute atomic E-state index is 5.90. The minimum atomic E-state index is 0.508. The van der Waals surface area contributed by atoms with Gasteiger partial charge in [0.2, 0.25) is 0 Å². The average molecular weight is 289 g/mol. The minimum Gasteiger partial charge on any atom is -0.389 e. The van der Waals surface area contributed by atoms with Crippen molar-refractivity contribution in [3.63, 3.8) is 0 Å². The van der Waals surface area contributed by atoms with Gasteiger partial charge >= 0.3 is 0 Å². The Morgan fingerprint density at radius 1 is 1.25 bits per heavy atom. The Morgan fingerprint density at radius 2 is 2.00 bits per heavy atom. The Balaban J connectivity index is 1.82. The van der Waals surface area contributed by atoms with E-state index in [1.54, 1.807) is 0 Å². The van der Waals surface area contributed by atoms with E-state index in [1.165, 1.54) is 43.6 Å². The first-order chi connectivity index (χ1) is 9.66. The third-order valence-electron chi connectivity index (χ3n) is 4.64. The Bertz CT molecular complexity index is 508. The van der Waals surface area contributed by atoms with E-state index in [9.17, 15) is 0 Å². The number of thiocarbonyl (C=S) groups is 1. The molecule has 2 aliphatic rings. The Kier molecular flexibility index (Phi) is 3.94. The molecule has 2 N–H and O–H groups in total. The van der Waals surface area contributed by atoms with Crippen LogP contribution in [0.4, 0.5) is 5.69 Å². The number of benzene rings is 1. The van der Waals surface area contributed by atoms with E-state index in [4.69, 9.17) is 18.0 Å². The van der Waals surface area contributed by atoms with Gasteiger partial charge in [-0.25, -0.2) is 0 Å². The monoisotopic (exact) mass is 289 g/mol. The summed E-state index contributed by atoms with van der Waals surface area (Å²) in [6, 6.07) is 6.95. The Hall–Kier alpha value is -1.13. The second-order valence-electron chi connectivity index (χ2n) is 5.97. The minimum absolute atomic E-state index is 0.508. The van der Waals surface area contributed by atoms with Gasteiger partial charge in [0.15, 0.2) is 0 Å². The molecule has 1 aromatic carbocycles. The summed E-state index contributed by atoms with van der Waals surface area (Å²) in [6.07, 6.45) is 3.98. The summed E-state index contributed by atoms with van der Waals surface area (Å²) in [5.41, 5.74) is 9.46. The van der Waals surface area contributed by atoms with Crippen LogP contribution in [0.2, 0.25) is 0 Å². The molecule has 4 heteroatoms. The van der Waals surface area contributed by atoms with E-state index in [0.29, 0.717) is 11.0 Å². The zero-order valence-corrected chi connectivity index (χ0v) is 13.0. The van der Waals surface area contributed by atoms with Crippen molar-refractivity contribution < 1.29 is 0 Å².